The smallest absolute Gasteiger partial charge is 0.00464 e. The molecule has 1 N–H and O–H groups in total. The minimum atomic E-state index is 0.478. The molecule has 5 atom stereocenters. The van der Waals surface area contributed by atoms with Gasteiger partial charge in [-0.05, 0) is 59.9 Å². The van der Waals surface area contributed by atoms with E-state index in [9.17, 15) is 0 Å². The van der Waals surface area contributed by atoms with Gasteiger partial charge in [0.2, 0.25) is 0 Å². The van der Waals surface area contributed by atoms with Crippen molar-refractivity contribution >= 4 is 0 Å². The van der Waals surface area contributed by atoms with E-state index < -0.39 is 0 Å². The zero-order chi connectivity index (χ0) is 15.4. The lowest BCUT2D eigenvalue weighted by molar-refractivity contribution is -0.113. The van der Waals surface area contributed by atoms with Crippen molar-refractivity contribution in [2.24, 2.45) is 33.5 Å². The normalized spacial score (nSPS) is 46.5. The molecule has 0 bridgehead atoms. The third-order valence-corrected chi connectivity index (χ3v) is 8.43. The van der Waals surface area contributed by atoms with E-state index in [2.05, 4.69) is 60.8 Å². The summed E-state index contributed by atoms with van der Waals surface area (Å²) in [6.45, 7) is 18.7. The second kappa shape index (κ2) is 4.73. The summed E-state index contributed by atoms with van der Waals surface area (Å²) < 4.78 is 0. The number of fused-ring (bicyclic) bond motifs is 1. The Labute approximate surface area is 127 Å². The Morgan fingerprint density at radius 3 is 2.10 bits per heavy atom. The summed E-state index contributed by atoms with van der Waals surface area (Å²) in [5.41, 5.74) is 2.17. The van der Waals surface area contributed by atoms with Crippen molar-refractivity contribution < 1.29 is 0 Å². The minimum Gasteiger partial charge on any atom is -0.320 e. The second-order valence-corrected chi connectivity index (χ2v) is 9.00. The molecule has 5 unspecified atom stereocenters. The van der Waals surface area contributed by atoms with Crippen LogP contribution in [0.5, 0.6) is 0 Å². The van der Waals surface area contributed by atoms with E-state index in [1.54, 1.807) is 0 Å². The molecule has 2 aliphatic carbocycles. The van der Waals surface area contributed by atoms with Crippen LogP contribution in [0.4, 0.5) is 0 Å². The predicted octanol–water partition coefficient (Wildman–Crippen LogP) is 5.11. The molecule has 1 heteroatoms. The molecule has 2 fully saturated rings. The number of hydrogen-bond acceptors (Lipinski definition) is 1. The van der Waals surface area contributed by atoms with E-state index in [1.807, 2.05) is 0 Å². The van der Waals surface area contributed by atoms with Crippen molar-refractivity contribution in [1.29, 1.82) is 0 Å². The standard InChI is InChI=1S/C19H37N/c1-9-14(2)10-11-18(6)15-17(5,12-13-20-8)16(3,4)19(15,18)7/h14-15,20H,9-13H2,1-8H3. The van der Waals surface area contributed by atoms with E-state index in [-0.39, 0.29) is 0 Å². The maximum atomic E-state index is 3.37. The van der Waals surface area contributed by atoms with Crippen LogP contribution in [0.2, 0.25) is 0 Å². The molecule has 0 aromatic heterocycles. The molecule has 1 nitrogen and oxygen atoms in total. The molecule has 0 aromatic rings. The first-order valence-corrected chi connectivity index (χ1v) is 8.78. The van der Waals surface area contributed by atoms with Crippen LogP contribution in [0.15, 0.2) is 0 Å². The number of hydrogen-bond donors (Lipinski definition) is 1. The Morgan fingerprint density at radius 1 is 1.00 bits per heavy atom. The maximum Gasteiger partial charge on any atom is -0.00464 e. The highest BCUT2D eigenvalue weighted by molar-refractivity contribution is 5.37. The molecular weight excluding hydrogens is 242 g/mol. The summed E-state index contributed by atoms with van der Waals surface area (Å²) in [7, 11) is 2.09. The molecule has 0 saturated heterocycles. The van der Waals surface area contributed by atoms with Crippen LogP contribution >= 0.6 is 0 Å². The molecule has 0 amide bonds. The van der Waals surface area contributed by atoms with E-state index in [4.69, 9.17) is 0 Å². The highest BCUT2D eigenvalue weighted by atomic mass is 15.0. The van der Waals surface area contributed by atoms with Gasteiger partial charge in [0.15, 0.2) is 0 Å². The summed E-state index contributed by atoms with van der Waals surface area (Å²) in [4.78, 5) is 0. The molecule has 2 saturated carbocycles. The zero-order valence-electron chi connectivity index (χ0n) is 15.2. The SMILES string of the molecule is CCC(C)CCC1(C)C2C(C)(CCNC)C(C)(C)C21C. The van der Waals surface area contributed by atoms with Crippen LogP contribution < -0.4 is 5.32 Å². The van der Waals surface area contributed by atoms with Crippen molar-refractivity contribution in [3.63, 3.8) is 0 Å². The molecule has 2 rings (SSSR count). The Bertz CT molecular complexity index is 374. The van der Waals surface area contributed by atoms with Gasteiger partial charge in [0, 0.05) is 0 Å². The second-order valence-electron chi connectivity index (χ2n) is 9.00. The fourth-order valence-electron chi connectivity index (χ4n) is 6.16. The lowest BCUT2D eigenvalue weighted by atomic mass is 9.45. The van der Waals surface area contributed by atoms with Gasteiger partial charge in [-0.3, -0.25) is 0 Å². The van der Waals surface area contributed by atoms with Gasteiger partial charge in [-0.25, -0.2) is 0 Å². The van der Waals surface area contributed by atoms with Gasteiger partial charge in [0.05, 0.1) is 0 Å². The Kier molecular flexibility index (Phi) is 3.86. The van der Waals surface area contributed by atoms with E-state index in [1.165, 1.54) is 25.7 Å². The maximum absolute atomic E-state index is 3.37. The molecule has 0 spiro atoms. The third-order valence-electron chi connectivity index (χ3n) is 8.43. The Balaban J connectivity index is 2.13. The topological polar surface area (TPSA) is 12.0 Å². The lowest BCUT2D eigenvalue weighted by Gasteiger charge is -2.59. The van der Waals surface area contributed by atoms with Crippen LogP contribution in [-0.4, -0.2) is 13.6 Å². The number of rotatable bonds is 7. The molecular formula is C19H37N. The summed E-state index contributed by atoms with van der Waals surface area (Å²) in [5, 5.41) is 3.37. The molecule has 0 heterocycles. The first kappa shape index (κ1) is 16.3. The summed E-state index contributed by atoms with van der Waals surface area (Å²) in [6.07, 6.45) is 5.51. The van der Waals surface area contributed by atoms with Crippen molar-refractivity contribution in [3.05, 3.63) is 0 Å². The monoisotopic (exact) mass is 279 g/mol. The Morgan fingerprint density at radius 2 is 1.60 bits per heavy atom. The fourth-order valence-corrected chi connectivity index (χ4v) is 6.16. The first-order valence-electron chi connectivity index (χ1n) is 8.78. The van der Waals surface area contributed by atoms with E-state index >= 15 is 0 Å². The molecule has 118 valence electrons. The molecule has 0 aliphatic heterocycles. The van der Waals surface area contributed by atoms with E-state index in [0.717, 1.165) is 18.4 Å². The fraction of sp³-hybridized carbons (Fsp3) is 1.00. The van der Waals surface area contributed by atoms with Crippen LogP contribution in [0.3, 0.4) is 0 Å². The van der Waals surface area contributed by atoms with Gasteiger partial charge in [0.1, 0.15) is 0 Å². The summed E-state index contributed by atoms with van der Waals surface area (Å²) in [5.74, 6) is 1.83. The first-order chi connectivity index (χ1) is 9.13. The summed E-state index contributed by atoms with van der Waals surface area (Å²) >= 11 is 0. The van der Waals surface area contributed by atoms with Gasteiger partial charge >= 0.3 is 0 Å². The van der Waals surface area contributed by atoms with Crippen LogP contribution in [0.1, 0.15) is 74.1 Å². The van der Waals surface area contributed by atoms with Crippen LogP contribution in [0.25, 0.3) is 0 Å². The van der Waals surface area contributed by atoms with Gasteiger partial charge < -0.3 is 5.32 Å². The van der Waals surface area contributed by atoms with Gasteiger partial charge in [-0.15, -0.1) is 0 Å². The molecule has 2 aliphatic rings. The average Bonchev–Trinajstić information content (AvgIpc) is 2.90. The van der Waals surface area contributed by atoms with E-state index in [0.29, 0.717) is 21.7 Å². The van der Waals surface area contributed by atoms with Crippen LogP contribution in [-0.2, 0) is 0 Å². The predicted molar refractivity (Wildman–Crippen MR) is 88.8 cm³/mol. The lowest BCUT2D eigenvalue weighted by Crippen LogP contribution is -2.54. The molecule has 20 heavy (non-hydrogen) atoms. The van der Waals surface area contributed by atoms with Gasteiger partial charge in [0.25, 0.3) is 0 Å². The molecule has 0 radical (unpaired) electrons. The third kappa shape index (κ3) is 1.65. The summed E-state index contributed by atoms with van der Waals surface area (Å²) in [6, 6.07) is 0. The Hall–Kier alpha value is -0.0400. The van der Waals surface area contributed by atoms with Gasteiger partial charge in [-0.1, -0.05) is 61.3 Å². The van der Waals surface area contributed by atoms with Crippen LogP contribution in [0, 0.1) is 33.5 Å². The van der Waals surface area contributed by atoms with Crippen molar-refractivity contribution in [2.75, 3.05) is 13.6 Å². The average molecular weight is 280 g/mol. The molecule has 0 aromatic carbocycles. The highest BCUT2D eigenvalue weighted by Crippen LogP contribution is 2.95. The number of nitrogens with one attached hydrogen (secondary N) is 1. The highest BCUT2D eigenvalue weighted by Gasteiger charge is 2.90. The van der Waals surface area contributed by atoms with Crippen molar-refractivity contribution in [2.45, 2.75) is 74.1 Å². The quantitative estimate of drug-likeness (QED) is 0.683. The van der Waals surface area contributed by atoms with Gasteiger partial charge in [-0.2, -0.15) is 0 Å². The largest absolute Gasteiger partial charge is 0.320 e. The minimum absolute atomic E-state index is 0.478. The van der Waals surface area contributed by atoms with Crippen molar-refractivity contribution in [1.82, 2.24) is 5.32 Å². The van der Waals surface area contributed by atoms with Crippen molar-refractivity contribution in [3.8, 4) is 0 Å². The zero-order valence-corrected chi connectivity index (χ0v) is 15.2.